The van der Waals surface area contributed by atoms with Crippen LogP contribution in [-0.4, -0.2) is 22.3 Å². The van der Waals surface area contributed by atoms with Crippen LogP contribution in [0.5, 0.6) is 5.75 Å². The summed E-state index contributed by atoms with van der Waals surface area (Å²) in [6.45, 7) is 8.69. The summed E-state index contributed by atoms with van der Waals surface area (Å²) in [4.78, 5) is 12.8. The third-order valence-electron chi connectivity index (χ3n) is 4.63. The highest BCUT2D eigenvalue weighted by Crippen LogP contribution is 2.33. The van der Waals surface area contributed by atoms with Crippen molar-refractivity contribution in [2.24, 2.45) is 0 Å². The lowest BCUT2D eigenvalue weighted by Crippen LogP contribution is -2.32. The van der Waals surface area contributed by atoms with Crippen molar-refractivity contribution in [2.75, 3.05) is 6.61 Å². The van der Waals surface area contributed by atoms with Crippen LogP contribution >= 0.6 is 0 Å². The molecule has 2 aromatic rings. The third kappa shape index (κ3) is 3.03. The number of benzene rings is 1. The number of aromatic nitrogens is 2. The zero-order valence-electron chi connectivity index (χ0n) is 14.8. The fraction of sp³-hybridized carbons (Fsp3) is 0.474. The Labute approximate surface area is 143 Å². The highest BCUT2D eigenvalue weighted by atomic mass is 16.5. The summed E-state index contributed by atoms with van der Waals surface area (Å²) >= 11 is 0. The molecule has 0 spiro atoms. The number of fused-ring (bicyclic) bond motifs is 1. The molecule has 1 unspecified atom stereocenters. The minimum Gasteiger partial charge on any atom is -0.491 e. The number of nitrogens with zero attached hydrogens (tertiary/aromatic N) is 2. The predicted octanol–water partition coefficient (Wildman–Crippen LogP) is 3.72. The summed E-state index contributed by atoms with van der Waals surface area (Å²) < 4.78 is 7.56. The van der Waals surface area contributed by atoms with Crippen molar-refractivity contribution >= 4 is 5.91 Å². The average molecular weight is 327 g/mol. The van der Waals surface area contributed by atoms with E-state index in [2.05, 4.69) is 30.3 Å². The zero-order valence-corrected chi connectivity index (χ0v) is 14.8. The largest absolute Gasteiger partial charge is 0.491 e. The van der Waals surface area contributed by atoms with Gasteiger partial charge < -0.3 is 10.1 Å². The number of hydrogen-bond acceptors (Lipinski definition) is 3. The van der Waals surface area contributed by atoms with Crippen LogP contribution in [0.2, 0.25) is 0 Å². The van der Waals surface area contributed by atoms with Crippen LogP contribution in [0, 0.1) is 13.8 Å². The monoisotopic (exact) mass is 327 g/mol. The first-order chi connectivity index (χ1) is 11.5. The summed E-state index contributed by atoms with van der Waals surface area (Å²) in [5.74, 6) is 0.765. The molecule has 24 heavy (non-hydrogen) atoms. The molecule has 2 heterocycles. The van der Waals surface area contributed by atoms with Crippen LogP contribution < -0.4 is 10.1 Å². The Morgan fingerprint density at radius 2 is 2.08 bits per heavy atom. The van der Waals surface area contributed by atoms with E-state index in [1.54, 1.807) is 0 Å². The van der Waals surface area contributed by atoms with Gasteiger partial charge in [0, 0.05) is 5.56 Å². The molecule has 0 aliphatic carbocycles. The SMILES string of the molecule is CCC(CC)n1nc(C)cc1C(=O)NC1COc2ccc(C)cc21. The average Bonchev–Trinajstić information content (AvgIpc) is 3.13. The van der Waals surface area contributed by atoms with E-state index in [9.17, 15) is 4.79 Å². The summed E-state index contributed by atoms with van der Waals surface area (Å²) in [5, 5.41) is 7.64. The molecule has 1 amide bonds. The van der Waals surface area contributed by atoms with Gasteiger partial charge in [0.15, 0.2) is 0 Å². The van der Waals surface area contributed by atoms with Crippen molar-refractivity contribution in [1.29, 1.82) is 0 Å². The van der Waals surface area contributed by atoms with Gasteiger partial charge in [-0.1, -0.05) is 31.5 Å². The van der Waals surface area contributed by atoms with Gasteiger partial charge in [-0.3, -0.25) is 9.48 Å². The van der Waals surface area contributed by atoms with E-state index >= 15 is 0 Å². The quantitative estimate of drug-likeness (QED) is 0.910. The first-order valence-corrected chi connectivity index (χ1v) is 8.63. The molecule has 128 valence electrons. The molecule has 1 atom stereocenters. The standard InChI is InChI=1S/C19H25N3O2/c1-5-14(6-2)22-17(10-13(4)21-22)19(23)20-16-11-24-18-8-7-12(3)9-15(16)18/h7-10,14,16H,5-6,11H2,1-4H3,(H,20,23). The Morgan fingerprint density at radius 1 is 1.33 bits per heavy atom. The van der Waals surface area contributed by atoms with E-state index in [0.717, 1.165) is 35.4 Å². The van der Waals surface area contributed by atoms with Gasteiger partial charge in [0.2, 0.25) is 0 Å². The highest BCUT2D eigenvalue weighted by molar-refractivity contribution is 5.93. The van der Waals surface area contributed by atoms with Gasteiger partial charge in [0.05, 0.1) is 17.8 Å². The molecule has 5 nitrogen and oxygen atoms in total. The van der Waals surface area contributed by atoms with Crippen LogP contribution in [0.4, 0.5) is 0 Å². The van der Waals surface area contributed by atoms with Gasteiger partial charge in [-0.25, -0.2) is 0 Å². The Morgan fingerprint density at radius 3 is 2.79 bits per heavy atom. The molecule has 1 aliphatic rings. The van der Waals surface area contributed by atoms with Gasteiger partial charge in [-0.05, 0) is 38.8 Å². The molecule has 3 rings (SSSR count). The lowest BCUT2D eigenvalue weighted by molar-refractivity contribution is 0.0916. The number of carbonyl (C=O) groups excluding carboxylic acids is 1. The normalized spacial score (nSPS) is 16.1. The Balaban J connectivity index is 1.84. The van der Waals surface area contributed by atoms with Crippen LogP contribution in [0.3, 0.4) is 0 Å². The molecule has 0 saturated carbocycles. The Kier molecular flexibility index (Phi) is 4.60. The fourth-order valence-electron chi connectivity index (χ4n) is 3.29. The van der Waals surface area contributed by atoms with Crippen molar-refractivity contribution < 1.29 is 9.53 Å². The summed E-state index contributed by atoms with van der Waals surface area (Å²) in [7, 11) is 0. The zero-order chi connectivity index (χ0) is 17.3. The maximum absolute atomic E-state index is 12.8. The van der Waals surface area contributed by atoms with E-state index < -0.39 is 0 Å². The summed E-state index contributed by atoms with van der Waals surface area (Å²) in [5.41, 5.74) is 3.71. The second-order valence-corrected chi connectivity index (χ2v) is 6.46. The van der Waals surface area contributed by atoms with Crippen molar-refractivity contribution in [2.45, 2.75) is 52.6 Å². The lowest BCUT2D eigenvalue weighted by Gasteiger charge is -2.18. The molecule has 0 fully saturated rings. The molecule has 1 aromatic carbocycles. The second-order valence-electron chi connectivity index (χ2n) is 6.46. The van der Waals surface area contributed by atoms with Crippen LogP contribution in [-0.2, 0) is 0 Å². The van der Waals surface area contributed by atoms with Gasteiger partial charge in [-0.15, -0.1) is 0 Å². The van der Waals surface area contributed by atoms with Crippen molar-refractivity contribution in [1.82, 2.24) is 15.1 Å². The fourth-order valence-corrected chi connectivity index (χ4v) is 3.29. The maximum atomic E-state index is 12.8. The van der Waals surface area contributed by atoms with Gasteiger partial charge in [-0.2, -0.15) is 5.10 Å². The van der Waals surface area contributed by atoms with Crippen LogP contribution in [0.25, 0.3) is 0 Å². The first-order valence-electron chi connectivity index (χ1n) is 8.63. The van der Waals surface area contributed by atoms with E-state index in [0.29, 0.717) is 12.3 Å². The first kappa shape index (κ1) is 16.6. The van der Waals surface area contributed by atoms with Crippen molar-refractivity contribution in [3.63, 3.8) is 0 Å². The molecular weight excluding hydrogens is 302 g/mol. The van der Waals surface area contributed by atoms with E-state index in [-0.39, 0.29) is 18.0 Å². The Hall–Kier alpha value is -2.30. The highest BCUT2D eigenvalue weighted by Gasteiger charge is 2.28. The molecule has 0 saturated heterocycles. The molecule has 1 N–H and O–H groups in total. The van der Waals surface area contributed by atoms with Crippen molar-refractivity contribution in [3.05, 3.63) is 46.8 Å². The minimum absolute atomic E-state index is 0.0922. The number of nitrogens with one attached hydrogen (secondary N) is 1. The lowest BCUT2D eigenvalue weighted by atomic mass is 10.1. The molecule has 1 aliphatic heterocycles. The topological polar surface area (TPSA) is 56.2 Å². The van der Waals surface area contributed by atoms with E-state index in [1.165, 1.54) is 0 Å². The third-order valence-corrected chi connectivity index (χ3v) is 4.63. The number of carbonyl (C=O) groups is 1. The number of aryl methyl sites for hydroxylation is 2. The second kappa shape index (κ2) is 6.67. The molecule has 0 bridgehead atoms. The maximum Gasteiger partial charge on any atom is 0.270 e. The number of hydrogen-bond donors (Lipinski definition) is 1. The number of ether oxygens (including phenoxy) is 1. The predicted molar refractivity (Wildman–Crippen MR) is 93.5 cm³/mol. The van der Waals surface area contributed by atoms with Gasteiger partial charge >= 0.3 is 0 Å². The van der Waals surface area contributed by atoms with E-state index in [1.807, 2.05) is 36.7 Å². The van der Waals surface area contributed by atoms with Crippen LogP contribution in [0.1, 0.15) is 66.1 Å². The van der Waals surface area contributed by atoms with Crippen molar-refractivity contribution in [3.8, 4) is 5.75 Å². The molecule has 0 radical (unpaired) electrons. The Bertz CT molecular complexity index is 747. The molecule has 5 heteroatoms. The van der Waals surface area contributed by atoms with Crippen LogP contribution in [0.15, 0.2) is 24.3 Å². The summed E-state index contributed by atoms with van der Waals surface area (Å²) in [6, 6.07) is 8.06. The van der Waals surface area contributed by atoms with Gasteiger partial charge in [0.1, 0.15) is 18.1 Å². The molecular formula is C19H25N3O2. The minimum atomic E-state index is -0.113. The molecule has 1 aromatic heterocycles. The number of amides is 1. The van der Waals surface area contributed by atoms with Gasteiger partial charge in [0.25, 0.3) is 5.91 Å². The van der Waals surface area contributed by atoms with E-state index in [4.69, 9.17) is 4.74 Å². The number of rotatable bonds is 5. The smallest absolute Gasteiger partial charge is 0.270 e. The summed E-state index contributed by atoms with van der Waals surface area (Å²) in [6.07, 6.45) is 1.90.